The zero-order chi connectivity index (χ0) is 11.4. The highest BCUT2D eigenvalue weighted by molar-refractivity contribution is 5.94. The molecule has 1 amide bonds. The second-order valence-electron chi connectivity index (χ2n) is 3.46. The van der Waals surface area contributed by atoms with E-state index < -0.39 is 5.91 Å². The molecule has 0 saturated heterocycles. The third-order valence-corrected chi connectivity index (χ3v) is 2.69. The lowest BCUT2D eigenvalue weighted by molar-refractivity contribution is 0.0997. The summed E-state index contributed by atoms with van der Waals surface area (Å²) in [4.78, 5) is 11.2. The van der Waals surface area contributed by atoms with Crippen molar-refractivity contribution in [3.05, 3.63) is 34.4 Å². The number of carbonyl (C=O) groups is 1. The monoisotopic (exact) mass is 207 g/mol. The van der Waals surface area contributed by atoms with Crippen LogP contribution in [0.3, 0.4) is 0 Å². The van der Waals surface area contributed by atoms with Crippen LogP contribution in [-0.4, -0.2) is 11.0 Å². The van der Waals surface area contributed by atoms with Gasteiger partial charge in [-0.05, 0) is 35.6 Å². The van der Waals surface area contributed by atoms with Gasteiger partial charge in [0.1, 0.15) is 0 Å². The molecular weight excluding hydrogens is 190 g/mol. The molecule has 82 valence electrons. The summed E-state index contributed by atoms with van der Waals surface area (Å²) < 4.78 is 0. The Bertz CT molecular complexity index is 372. The van der Waals surface area contributed by atoms with E-state index in [1.165, 1.54) is 5.56 Å². The van der Waals surface area contributed by atoms with E-state index in [1.54, 1.807) is 6.07 Å². The third-order valence-electron chi connectivity index (χ3n) is 2.69. The van der Waals surface area contributed by atoms with Crippen LogP contribution < -0.4 is 5.73 Å². The van der Waals surface area contributed by atoms with E-state index in [0.29, 0.717) is 11.1 Å². The number of aryl methyl sites for hydroxylation is 1. The van der Waals surface area contributed by atoms with E-state index in [4.69, 9.17) is 5.73 Å². The van der Waals surface area contributed by atoms with Crippen molar-refractivity contribution in [3.63, 3.8) is 0 Å². The minimum absolute atomic E-state index is 0.130. The van der Waals surface area contributed by atoms with Gasteiger partial charge in [0.25, 0.3) is 0 Å². The Hall–Kier alpha value is -1.35. The van der Waals surface area contributed by atoms with Crippen molar-refractivity contribution in [2.45, 2.75) is 33.3 Å². The van der Waals surface area contributed by atoms with E-state index in [1.807, 2.05) is 13.0 Å². The van der Waals surface area contributed by atoms with Gasteiger partial charge in [-0.1, -0.05) is 19.9 Å². The average Bonchev–Trinajstić information content (AvgIpc) is 2.26. The first-order valence-electron chi connectivity index (χ1n) is 5.19. The maximum atomic E-state index is 11.2. The second-order valence-corrected chi connectivity index (χ2v) is 3.46. The number of carbonyl (C=O) groups excluding carboxylic acids is 1. The van der Waals surface area contributed by atoms with E-state index in [-0.39, 0.29) is 6.61 Å². The van der Waals surface area contributed by atoms with Gasteiger partial charge < -0.3 is 10.8 Å². The van der Waals surface area contributed by atoms with Crippen LogP contribution in [0.25, 0.3) is 0 Å². The SMILES string of the molecule is CCc1ccc(C(N)=O)c(CO)c1CC. The number of amides is 1. The molecule has 15 heavy (non-hydrogen) atoms. The minimum atomic E-state index is -0.476. The predicted octanol–water partition coefficient (Wildman–Crippen LogP) is 1.40. The quantitative estimate of drug-likeness (QED) is 0.784. The van der Waals surface area contributed by atoms with Gasteiger partial charge in [-0.3, -0.25) is 4.79 Å². The van der Waals surface area contributed by atoms with Crippen LogP contribution in [0.1, 0.15) is 40.9 Å². The lowest BCUT2D eigenvalue weighted by Gasteiger charge is -2.13. The lowest BCUT2D eigenvalue weighted by Crippen LogP contribution is -2.16. The Morgan fingerprint density at radius 1 is 1.27 bits per heavy atom. The van der Waals surface area contributed by atoms with Crippen molar-refractivity contribution in [2.75, 3.05) is 0 Å². The Labute approximate surface area is 89.9 Å². The predicted molar refractivity (Wildman–Crippen MR) is 59.6 cm³/mol. The summed E-state index contributed by atoms with van der Waals surface area (Å²) >= 11 is 0. The molecule has 3 heteroatoms. The number of aliphatic hydroxyl groups is 1. The first-order chi connectivity index (χ1) is 7.15. The number of rotatable bonds is 4. The highest BCUT2D eigenvalue weighted by atomic mass is 16.3. The second kappa shape index (κ2) is 4.94. The summed E-state index contributed by atoms with van der Waals surface area (Å²) in [6.45, 7) is 3.94. The summed E-state index contributed by atoms with van der Waals surface area (Å²) in [5, 5.41) is 9.29. The summed E-state index contributed by atoms with van der Waals surface area (Å²) in [6.07, 6.45) is 1.70. The molecule has 3 N–H and O–H groups in total. The van der Waals surface area contributed by atoms with Crippen molar-refractivity contribution < 1.29 is 9.90 Å². The minimum Gasteiger partial charge on any atom is -0.392 e. The highest BCUT2D eigenvalue weighted by Crippen LogP contribution is 2.20. The number of benzene rings is 1. The summed E-state index contributed by atoms with van der Waals surface area (Å²) in [5.41, 5.74) is 8.60. The fraction of sp³-hybridized carbons (Fsp3) is 0.417. The van der Waals surface area contributed by atoms with Crippen molar-refractivity contribution in [1.29, 1.82) is 0 Å². The molecule has 1 aromatic rings. The Kier molecular flexibility index (Phi) is 3.86. The standard InChI is InChI=1S/C12H17NO2/c1-3-8-5-6-10(12(13)15)11(7-14)9(8)4-2/h5-6,14H,3-4,7H2,1-2H3,(H2,13,15). The Morgan fingerprint density at radius 2 is 1.93 bits per heavy atom. The normalized spacial score (nSPS) is 10.3. The molecule has 0 unspecified atom stereocenters. The van der Waals surface area contributed by atoms with Gasteiger partial charge in [-0.15, -0.1) is 0 Å². The maximum Gasteiger partial charge on any atom is 0.249 e. The topological polar surface area (TPSA) is 63.3 Å². The van der Waals surface area contributed by atoms with E-state index in [2.05, 4.69) is 6.92 Å². The Balaban J connectivity index is 3.40. The first-order valence-corrected chi connectivity index (χ1v) is 5.19. The van der Waals surface area contributed by atoms with Crippen LogP contribution in [0.15, 0.2) is 12.1 Å². The van der Waals surface area contributed by atoms with Crippen LogP contribution in [0.5, 0.6) is 0 Å². The van der Waals surface area contributed by atoms with Crippen LogP contribution in [0.2, 0.25) is 0 Å². The fourth-order valence-corrected chi connectivity index (χ4v) is 1.92. The third kappa shape index (κ3) is 2.18. The molecule has 0 atom stereocenters. The molecule has 0 heterocycles. The lowest BCUT2D eigenvalue weighted by atomic mass is 9.93. The molecule has 0 spiro atoms. The van der Waals surface area contributed by atoms with Crippen LogP contribution in [0, 0.1) is 0 Å². The average molecular weight is 207 g/mol. The zero-order valence-electron chi connectivity index (χ0n) is 9.21. The molecule has 3 nitrogen and oxygen atoms in total. The van der Waals surface area contributed by atoms with Crippen molar-refractivity contribution in [3.8, 4) is 0 Å². The molecule has 0 aliphatic heterocycles. The van der Waals surface area contributed by atoms with Crippen molar-refractivity contribution in [1.82, 2.24) is 0 Å². The molecule has 0 fully saturated rings. The number of hydrogen-bond donors (Lipinski definition) is 2. The van der Waals surface area contributed by atoms with Gasteiger partial charge in [0, 0.05) is 5.56 Å². The van der Waals surface area contributed by atoms with Gasteiger partial charge in [-0.2, -0.15) is 0 Å². The number of primary amides is 1. The molecule has 0 aliphatic rings. The number of hydrogen-bond acceptors (Lipinski definition) is 2. The van der Waals surface area contributed by atoms with Crippen LogP contribution in [-0.2, 0) is 19.4 Å². The van der Waals surface area contributed by atoms with Crippen molar-refractivity contribution in [2.24, 2.45) is 5.73 Å². The Morgan fingerprint density at radius 3 is 2.33 bits per heavy atom. The van der Waals surface area contributed by atoms with E-state index >= 15 is 0 Å². The summed E-state index contributed by atoms with van der Waals surface area (Å²) in [6, 6.07) is 3.62. The fourth-order valence-electron chi connectivity index (χ4n) is 1.92. The van der Waals surface area contributed by atoms with Gasteiger partial charge in [-0.25, -0.2) is 0 Å². The largest absolute Gasteiger partial charge is 0.392 e. The maximum absolute atomic E-state index is 11.2. The highest BCUT2D eigenvalue weighted by Gasteiger charge is 2.13. The van der Waals surface area contributed by atoms with E-state index in [9.17, 15) is 9.90 Å². The summed E-state index contributed by atoms with van der Waals surface area (Å²) in [7, 11) is 0. The molecule has 0 radical (unpaired) electrons. The first kappa shape index (κ1) is 11.7. The zero-order valence-corrected chi connectivity index (χ0v) is 9.21. The van der Waals surface area contributed by atoms with Gasteiger partial charge >= 0.3 is 0 Å². The molecule has 0 aromatic heterocycles. The van der Waals surface area contributed by atoms with Crippen LogP contribution in [0.4, 0.5) is 0 Å². The molecule has 1 aromatic carbocycles. The summed E-state index contributed by atoms with van der Waals surface area (Å²) in [5.74, 6) is -0.476. The molecule has 0 bridgehead atoms. The molecule has 1 rings (SSSR count). The van der Waals surface area contributed by atoms with Gasteiger partial charge in [0.05, 0.1) is 6.61 Å². The van der Waals surface area contributed by atoms with Crippen LogP contribution >= 0.6 is 0 Å². The van der Waals surface area contributed by atoms with E-state index in [0.717, 1.165) is 18.4 Å². The van der Waals surface area contributed by atoms with Gasteiger partial charge in [0.2, 0.25) is 5.91 Å². The molecular formula is C12H17NO2. The molecule has 0 aliphatic carbocycles. The van der Waals surface area contributed by atoms with Crippen molar-refractivity contribution >= 4 is 5.91 Å². The van der Waals surface area contributed by atoms with Gasteiger partial charge in [0.15, 0.2) is 0 Å². The number of nitrogens with two attached hydrogens (primary N) is 1. The smallest absolute Gasteiger partial charge is 0.249 e. The molecule has 0 saturated carbocycles. The number of aliphatic hydroxyl groups excluding tert-OH is 1.